The average molecular weight is 443 g/mol. The minimum atomic E-state index is -0.304. The van der Waals surface area contributed by atoms with Crippen molar-refractivity contribution in [3.05, 3.63) is 47.3 Å². The third-order valence-electron chi connectivity index (χ3n) is 4.53. The highest BCUT2D eigenvalue weighted by Gasteiger charge is 2.34. The highest BCUT2D eigenvalue weighted by Crippen LogP contribution is 2.43. The third-order valence-corrected chi connectivity index (χ3v) is 7.00. The third kappa shape index (κ3) is 3.47. The van der Waals surface area contributed by atoms with Gasteiger partial charge in [-0.15, -0.1) is 0 Å². The van der Waals surface area contributed by atoms with E-state index in [0.29, 0.717) is 20.7 Å². The van der Waals surface area contributed by atoms with Gasteiger partial charge in [0.15, 0.2) is 5.17 Å². The van der Waals surface area contributed by atoms with Gasteiger partial charge in [-0.3, -0.25) is 19.5 Å². The van der Waals surface area contributed by atoms with Gasteiger partial charge in [0.05, 0.1) is 23.4 Å². The van der Waals surface area contributed by atoms with Crippen molar-refractivity contribution in [2.24, 2.45) is 4.99 Å². The van der Waals surface area contributed by atoms with Gasteiger partial charge in [-0.25, -0.2) is 0 Å². The summed E-state index contributed by atoms with van der Waals surface area (Å²) in [5.41, 5.74) is 1.73. The van der Waals surface area contributed by atoms with E-state index in [9.17, 15) is 9.59 Å². The molecule has 10 heteroatoms. The zero-order chi connectivity index (χ0) is 20.0. The molecule has 0 aliphatic carbocycles. The van der Waals surface area contributed by atoms with E-state index in [1.54, 1.807) is 30.0 Å². The number of aliphatic imine (C=N–C) groups is 1. The van der Waals surface area contributed by atoms with Crippen molar-refractivity contribution in [2.75, 3.05) is 29.9 Å². The van der Waals surface area contributed by atoms with Crippen LogP contribution in [0.3, 0.4) is 0 Å². The van der Waals surface area contributed by atoms with Crippen LogP contribution in [0.5, 0.6) is 0 Å². The van der Waals surface area contributed by atoms with Crippen LogP contribution in [0.15, 0.2) is 55.8 Å². The van der Waals surface area contributed by atoms with Gasteiger partial charge in [0.1, 0.15) is 16.6 Å². The summed E-state index contributed by atoms with van der Waals surface area (Å²) in [6, 6.07) is 9.26. The molecule has 2 aromatic rings. The monoisotopic (exact) mass is 442 g/mol. The van der Waals surface area contributed by atoms with Gasteiger partial charge in [-0.2, -0.15) is 0 Å². The Morgan fingerprint density at radius 1 is 1.34 bits per heavy atom. The number of furan rings is 1. The van der Waals surface area contributed by atoms with Crippen molar-refractivity contribution in [1.82, 2.24) is 4.90 Å². The molecule has 3 aliphatic rings. The van der Waals surface area contributed by atoms with Gasteiger partial charge in [-0.1, -0.05) is 24.0 Å². The Morgan fingerprint density at radius 2 is 2.24 bits per heavy atom. The van der Waals surface area contributed by atoms with Crippen molar-refractivity contribution >= 4 is 74.5 Å². The number of amides is 2. The average Bonchev–Trinajstić information content (AvgIpc) is 3.45. The molecular weight excluding hydrogens is 428 g/mol. The van der Waals surface area contributed by atoms with E-state index in [-0.39, 0.29) is 18.4 Å². The second-order valence-corrected chi connectivity index (χ2v) is 9.12. The number of thiocarbonyl (C=S) groups is 1. The first-order valence-corrected chi connectivity index (χ1v) is 10.9. The van der Waals surface area contributed by atoms with Crippen molar-refractivity contribution in [3.63, 3.8) is 0 Å². The molecule has 0 bridgehead atoms. The summed E-state index contributed by atoms with van der Waals surface area (Å²) in [5, 5.41) is 3.87. The highest BCUT2D eigenvalue weighted by molar-refractivity contribution is 8.26. The fourth-order valence-corrected chi connectivity index (χ4v) is 5.51. The van der Waals surface area contributed by atoms with Crippen molar-refractivity contribution < 1.29 is 14.0 Å². The van der Waals surface area contributed by atoms with Gasteiger partial charge in [-0.05, 0) is 42.1 Å². The van der Waals surface area contributed by atoms with Gasteiger partial charge in [0.2, 0.25) is 5.91 Å². The SMILES string of the molecule is O=C(CN1C(=O)C(=Cc2ccco2)SC1=S)Nc1ccc2c(c1)N1CCN=C1S2. The maximum atomic E-state index is 12.6. The maximum absolute atomic E-state index is 12.6. The Hall–Kier alpha value is -2.56. The van der Waals surface area contributed by atoms with Crippen LogP contribution in [0.25, 0.3) is 6.08 Å². The van der Waals surface area contributed by atoms with Gasteiger partial charge >= 0.3 is 0 Å². The first kappa shape index (κ1) is 18.5. The molecule has 1 aromatic carbocycles. The van der Waals surface area contributed by atoms with Crippen LogP contribution in [0.2, 0.25) is 0 Å². The number of carbonyl (C=O) groups excluding carboxylic acids is 2. The fourth-order valence-electron chi connectivity index (χ4n) is 3.21. The number of rotatable bonds is 4. The topological polar surface area (TPSA) is 78.2 Å². The van der Waals surface area contributed by atoms with E-state index >= 15 is 0 Å². The Morgan fingerprint density at radius 3 is 3.07 bits per heavy atom. The smallest absolute Gasteiger partial charge is 0.266 e. The lowest BCUT2D eigenvalue weighted by Gasteiger charge is -2.16. The van der Waals surface area contributed by atoms with Crippen LogP contribution in [0.4, 0.5) is 11.4 Å². The van der Waals surface area contributed by atoms with Crippen LogP contribution in [0.1, 0.15) is 5.76 Å². The molecule has 0 saturated carbocycles. The van der Waals surface area contributed by atoms with Crippen LogP contribution in [-0.4, -0.2) is 45.8 Å². The first-order chi connectivity index (χ1) is 14.1. The van der Waals surface area contributed by atoms with E-state index in [2.05, 4.69) is 15.2 Å². The molecular formula is C19H14N4O3S3. The summed E-state index contributed by atoms with van der Waals surface area (Å²) < 4.78 is 5.60. The Bertz CT molecular complexity index is 1090. The number of carbonyl (C=O) groups is 2. The Kier molecular flexibility index (Phi) is 4.69. The summed E-state index contributed by atoms with van der Waals surface area (Å²) in [4.78, 5) is 34.7. The molecule has 4 heterocycles. The summed E-state index contributed by atoms with van der Waals surface area (Å²) in [5.74, 6) is -0.0351. The summed E-state index contributed by atoms with van der Waals surface area (Å²) in [7, 11) is 0. The first-order valence-electron chi connectivity index (χ1n) is 8.81. The summed E-state index contributed by atoms with van der Waals surface area (Å²) >= 11 is 8.08. The molecule has 1 N–H and O–H groups in total. The van der Waals surface area contributed by atoms with Crippen LogP contribution >= 0.6 is 35.7 Å². The second-order valence-electron chi connectivity index (χ2n) is 6.43. The maximum Gasteiger partial charge on any atom is 0.266 e. The second kappa shape index (κ2) is 7.36. The normalized spacial score (nSPS) is 19.0. The molecule has 1 aromatic heterocycles. The van der Waals surface area contributed by atoms with Gasteiger partial charge in [0, 0.05) is 23.2 Å². The number of benzene rings is 1. The minimum absolute atomic E-state index is 0.136. The van der Waals surface area contributed by atoms with E-state index < -0.39 is 0 Å². The molecule has 3 aliphatic heterocycles. The zero-order valence-corrected chi connectivity index (χ0v) is 17.4. The molecule has 0 atom stereocenters. The van der Waals surface area contributed by atoms with Crippen molar-refractivity contribution in [3.8, 4) is 0 Å². The zero-order valence-electron chi connectivity index (χ0n) is 15.0. The number of thioether (sulfide) groups is 2. The highest BCUT2D eigenvalue weighted by atomic mass is 32.2. The number of anilines is 2. The molecule has 7 nitrogen and oxygen atoms in total. The Balaban J connectivity index is 1.27. The van der Waals surface area contributed by atoms with E-state index in [1.807, 2.05) is 18.2 Å². The van der Waals surface area contributed by atoms with E-state index in [0.717, 1.165) is 40.6 Å². The van der Waals surface area contributed by atoms with E-state index in [1.165, 1.54) is 11.2 Å². The number of nitrogens with zero attached hydrogens (tertiary/aromatic N) is 3. The summed E-state index contributed by atoms with van der Waals surface area (Å²) in [6.45, 7) is 1.51. The number of nitrogens with one attached hydrogen (secondary N) is 1. The molecule has 2 amide bonds. The van der Waals surface area contributed by atoms with Crippen molar-refractivity contribution in [2.45, 2.75) is 4.90 Å². The lowest BCUT2D eigenvalue weighted by molar-refractivity contribution is -0.126. The Labute approximate surface area is 180 Å². The number of hydrogen-bond donors (Lipinski definition) is 1. The number of amidine groups is 1. The van der Waals surface area contributed by atoms with Crippen LogP contribution < -0.4 is 10.2 Å². The van der Waals surface area contributed by atoms with Gasteiger partial charge in [0.25, 0.3) is 5.91 Å². The quantitative estimate of drug-likeness (QED) is 0.574. The predicted molar refractivity (Wildman–Crippen MR) is 119 cm³/mol. The molecule has 5 rings (SSSR count). The fraction of sp³-hybridized carbons (Fsp3) is 0.158. The molecule has 0 unspecified atom stereocenters. The molecule has 0 radical (unpaired) electrons. The number of hydrogen-bond acceptors (Lipinski definition) is 8. The predicted octanol–water partition coefficient (Wildman–Crippen LogP) is 3.40. The molecule has 1 saturated heterocycles. The molecule has 1 fully saturated rings. The molecule has 29 heavy (non-hydrogen) atoms. The molecule has 146 valence electrons. The van der Waals surface area contributed by atoms with Crippen LogP contribution in [0, 0.1) is 0 Å². The molecule has 0 spiro atoms. The lowest BCUT2D eigenvalue weighted by Crippen LogP contribution is -2.36. The summed E-state index contributed by atoms with van der Waals surface area (Å²) in [6.07, 6.45) is 3.16. The van der Waals surface area contributed by atoms with E-state index in [4.69, 9.17) is 16.6 Å². The largest absolute Gasteiger partial charge is 0.465 e. The minimum Gasteiger partial charge on any atom is -0.465 e. The van der Waals surface area contributed by atoms with Gasteiger partial charge < -0.3 is 14.6 Å². The lowest BCUT2D eigenvalue weighted by atomic mass is 10.2. The van der Waals surface area contributed by atoms with Crippen LogP contribution in [-0.2, 0) is 9.59 Å². The van der Waals surface area contributed by atoms with Crippen molar-refractivity contribution in [1.29, 1.82) is 0 Å². The number of fused-ring (bicyclic) bond motifs is 3. The standard InChI is InChI=1S/C19H14N4O3S3/c24-16(10-23-17(25)15(29-19(23)27)9-12-2-1-7-26-12)21-11-3-4-14-13(8-11)22-6-5-20-18(22)28-14/h1-4,7-9H,5-6,10H2,(H,21,24).